The number of nitrogens with zero attached hydrogens (tertiary/aromatic N) is 2. The summed E-state index contributed by atoms with van der Waals surface area (Å²) in [6.07, 6.45) is 2.67. The maximum atomic E-state index is 4.76. The Labute approximate surface area is 115 Å². The van der Waals surface area contributed by atoms with Gasteiger partial charge in [0.25, 0.3) is 0 Å². The van der Waals surface area contributed by atoms with Gasteiger partial charge in [-0.05, 0) is 56.8 Å². The van der Waals surface area contributed by atoms with Crippen LogP contribution in [0.1, 0.15) is 44.1 Å². The van der Waals surface area contributed by atoms with Crippen LogP contribution in [0.5, 0.6) is 0 Å². The molecule has 0 saturated carbocycles. The number of aromatic amines is 1. The molecule has 1 N–H and O–H groups in total. The van der Waals surface area contributed by atoms with Crippen molar-refractivity contribution in [1.82, 2.24) is 14.9 Å². The Balaban J connectivity index is 1.86. The van der Waals surface area contributed by atoms with Crippen LogP contribution >= 0.6 is 0 Å². The fraction of sp³-hybridized carbons (Fsp3) is 0.562. The number of benzene rings is 1. The molecule has 3 heteroatoms. The summed E-state index contributed by atoms with van der Waals surface area (Å²) in [7, 11) is 0. The normalized spacial score (nSPS) is 22.8. The molecular weight excluding hydrogens is 234 g/mol. The molecule has 0 aliphatic carbocycles. The van der Waals surface area contributed by atoms with Crippen molar-refractivity contribution in [3.05, 3.63) is 29.6 Å². The van der Waals surface area contributed by atoms with Crippen molar-refractivity contribution in [2.75, 3.05) is 13.1 Å². The number of imidazole rings is 1. The zero-order chi connectivity index (χ0) is 13.4. The summed E-state index contributed by atoms with van der Waals surface area (Å²) in [5, 5.41) is 0. The molecule has 2 unspecified atom stereocenters. The first-order valence-corrected chi connectivity index (χ1v) is 7.34. The maximum absolute atomic E-state index is 4.76. The number of nitrogens with one attached hydrogen (secondary N) is 1. The van der Waals surface area contributed by atoms with E-state index in [0.29, 0.717) is 6.04 Å². The third-order valence-corrected chi connectivity index (χ3v) is 4.29. The van der Waals surface area contributed by atoms with E-state index in [1.165, 1.54) is 31.5 Å². The Morgan fingerprint density at radius 3 is 3.05 bits per heavy atom. The molecule has 0 amide bonds. The molecule has 2 heterocycles. The Hall–Kier alpha value is -1.35. The van der Waals surface area contributed by atoms with Crippen molar-refractivity contribution in [3.8, 4) is 0 Å². The second-order valence-electron chi connectivity index (χ2n) is 6.06. The summed E-state index contributed by atoms with van der Waals surface area (Å²) in [4.78, 5) is 10.8. The molecule has 0 radical (unpaired) electrons. The third kappa shape index (κ3) is 2.52. The zero-order valence-corrected chi connectivity index (χ0v) is 12.1. The van der Waals surface area contributed by atoms with E-state index in [0.717, 1.165) is 22.8 Å². The van der Waals surface area contributed by atoms with Crippen molar-refractivity contribution in [1.29, 1.82) is 0 Å². The van der Waals surface area contributed by atoms with Gasteiger partial charge in [0.05, 0.1) is 17.1 Å². The Kier molecular flexibility index (Phi) is 3.31. The number of aromatic nitrogens is 2. The van der Waals surface area contributed by atoms with E-state index in [-0.39, 0.29) is 0 Å². The third-order valence-electron chi connectivity index (χ3n) is 4.29. The molecule has 0 bridgehead atoms. The molecule has 3 rings (SSSR count). The number of likely N-dealkylation sites (tertiary alicyclic amines) is 1. The Morgan fingerprint density at radius 1 is 1.42 bits per heavy atom. The lowest BCUT2D eigenvalue weighted by Crippen LogP contribution is -2.36. The molecule has 102 valence electrons. The van der Waals surface area contributed by atoms with Gasteiger partial charge in [-0.1, -0.05) is 13.0 Å². The molecule has 1 aromatic heterocycles. The maximum Gasteiger partial charge on any atom is 0.124 e. The molecule has 2 atom stereocenters. The van der Waals surface area contributed by atoms with Gasteiger partial charge >= 0.3 is 0 Å². The SMILES string of the molecule is Cc1ccc2nc(C(C)N3CCCC(C)C3)[nH]c2c1. The largest absolute Gasteiger partial charge is 0.341 e. The predicted octanol–water partition coefficient (Wildman–Crippen LogP) is 3.66. The zero-order valence-electron chi connectivity index (χ0n) is 12.1. The predicted molar refractivity (Wildman–Crippen MR) is 79.2 cm³/mol. The van der Waals surface area contributed by atoms with E-state index < -0.39 is 0 Å². The van der Waals surface area contributed by atoms with Crippen LogP contribution < -0.4 is 0 Å². The average Bonchev–Trinajstić information content (AvgIpc) is 2.80. The molecule has 1 fully saturated rings. The molecule has 1 aliphatic rings. The van der Waals surface area contributed by atoms with Crippen LogP contribution in [-0.4, -0.2) is 28.0 Å². The van der Waals surface area contributed by atoms with Crippen LogP contribution in [0.25, 0.3) is 11.0 Å². The van der Waals surface area contributed by atoms with Gasteiger partial charge in [-0.3, -0.25) is 4.90 Å². The monoisotopic (exact) mass is 257 g/mol. The van der Waals surface area contributed by atoms with Crippen LogP contribution in [0.15, 0.2) is 18.2 Å². The number of fused-ring (bicyclic) bond motifs is 1. The number of rotatable bonds is 2. The first-order valence-electron chi connectivity index (χ1n) is 7.34. The molecule has 0 spiro atoms. The van der Waals surface area contributed by atoms with Gasteiger partial charge in [0, 0.05) is 6.54 Å². The summed E-state index contributed by atoms with van der Waals surface area (Å²) in [5.41, 5.74) is 3.52. The lowest BCUT2D eigenvalue weighted by molar-refractivity contribution is 0.135. The van der Waals surface area contributed by atoms with Gasteiger partial charge in [-0.2, -0.15) is 0 Å². The first kappa shape index (κ1) is 12.7. The van der Waals surface area contributed by atoms with E-state index in [1.807, 2.05) is 0 Å². The molecule has 1 aliphatic heterocycles. The van der Waals surface area contributed by atoms with Crippen molar-refractivity contribution in [3.63, 3.8) is 0 Å². The van der Waals surface area contributed by atoms with E-state index in [4.69, 9.17) is 4.98 Å². The van der Waals surface area contributed by atoms with Crippen LogP contribution in [-0.2, 0) is 0 Å². The highest BCUT2D eigenvalue weighted by atomic mass is 15.2. The highest BCUT2D eigenvalue weighted by Crippen LogP contribution is 2.26. The Bertz CT molecular complexity index is 572. The summed E-state index contributed by atoms with van der Waals surface area (Å²) < 4.78 is 0. The minimum atomic E-state index is 0.385. The van der Waals surface area contributed by atoms with Crippen LogP contribution in [0.3, 0.4) is 0 Å². The summed E-state index contributed by atoms with van der Waals surface area (Å²) in [6.45, 7) is 9.12. The average molecular weight is 257 g/mol. The number of hydrogen-bond donors (Lipinski definition) is 1. The van der Waals surface area contributed by atoms with Gasteiger partial charge < -0.3 is 4.98 Å². The number of hydrogen-bond acceptors (Lipinski definition) is 2. The van der Waals surface area contributed by atoms with Crippen molar-refractivity contribution in [2.45, 2.75) is 39.7 Å². The van der Waals surface area contributed by atoms with E-state index in [9.17, 15) is 0 Å². The quantitative estimate of drug-likeness (QED) is 0.890. The smallest absolute Gasteiger partial charge is 0.124 e. The second-order valence-corrected chi connectivity index (χ2v) is 6.06. The van der Waals surface area contributed by atoms with Gasteiger partial charge in [0.1, 0.15) is 5.82 Å². The first-order chi connectivity index (χ1) is 9.13. The van der Waals surface area contributed by atoms with Gasteiger partial charge in [-0.15, -0.1) is 0 Å². The van der Waals surface area contributed by atoms with Crippen molar-refractivity contribution >= 4 is 11.0 Å². The van der Waals surface area contributed by atoms with Crippen LogP contribution in [0, 0.1) is 12.8 Å². The molecule has 3 nitrogen and oxygen atoms in total. The minimum absolute atomic E-state index is 0.385. The van der Waals surface area contributed by atoms with E-state index >= 15 is 0 Å². The van der Waals surface area contributed by atoms with Crippen LogP contribution in [0.2, 0.25) is 0 Å². The number of H-pyrrole nitrogens is 1. The summed E-state index contributed by atoms with van der Waals surface area (Å²) >= 11 is 0. The molecule has 1 saturated heterocycles. The standard InChI is InChI=1S/C16H23N3/c1-11-6-7-14-15(9-11)18-16(17-14)13(3)19-8-4-5-12(2)10-19/h6-7,9,12-13H,4-5,8,10H2,1-3H3,(H,17,18). The highest BCUT2D eigenvalue weighted by molar-refractivity contribution is 5.75. The molecule has 19 heavy (non-hydrogen) atoms. The van der Waals surface area contributed by atoms with Crippen molar-refractivity contribution < 1.29 is 0 Å². The number of piperidine rings is 1. The fourth-order valence-corrected chi connectivity index (χ4v) is 3.09. The van der Waals surface area contributed by atoms with Gasteiger partial charge in [0.15, 0.2) is 0 Å². The highest BCUT2D eigenvalue weighted by Gasteiger charge is 2.23. The van der Waals surface area contributed by atoms with E-state index in [1.54, 1.807) is 0 Å². The lowest BCUT2D eigenvalue weighted by Gasteiger charge is -2.34. The van der Waals surface area contributed by atoms with Crippen LogP contribution in [0.4, 0.5) is 0 Å². The topological polar surface area (TPSA) is 31.9 Å². The van der Waals surface area contributed by atoms with E-state index in [2.05, 4.69) is 48.9 Å². The summed E-state index contributed by atoms with van der Waals surface area (Å²) in [5.74, 6) is 1.91. The minimum Gasteiger partial charge on any atom is -0.341 e. The van der Waals surface area contributed by atoms with Gasteiger partial charge in [0.2, 0.25) is 0 Å². The fourth-order valence-electron chi connectivity index (χ4n) is 3.09. The van der Waals surface area contributed by atoms with Crippen molar-refractivity contribution in [2.24, 2.45) is 5.92 Å². The van der Waals surface area contributed by atoms with Gasteiger partial charge in [-0.25, -0.2) is 4.98 Å². The lowest BCUT2D eigenvalue weighted by atomic mass is 9.99. The number of aryl methyl sites for hydroxylation is 1. The molecular formula is C16H23N3. The molecule has 2 aromatic rings. The Morgan fingerprint density at radius 2 is 2.26 bits per heavy atom. The second kappa shape index (κ2) is 4.97. The molecule has 1 aromatic carbocycles. The summed E-state index contributed by atoms with van der Waals surface area (Å²) in [6, 6.07) is 6.80.